The van der Waals surface area contributed by atoms with Crippen molar-refractivity contribution in [3.05, 3.63) is 237 Å². The van der Waals surface area contributed by atoms with Gasteiger partial charge in [-0.3, -0.25) is 0 Å². The molecule has 282 valence electrons. The van der Waals surface area contributed by atoms with Gasteiger partial charge in [-0.2, -0.15) is 0 Å². The second-order valence-electron chi connectivity index (χ2n) is 15.3. The lowest BCUT2D eigenvalue weighted by atomic mass is 9.96. The summed E-state index contributed by atoms with van der Waals surface area (Å²) in [6.45, 7) is 0. The number of benzene rings is 10. The van der Waals surface area contributed by atoms with Crippen molar-refractivity contribution in [2.75, 3.05) is 4.90 Å². The van der Waals surface area contributed by atoms with E-state index in [1.165, 1.54) is 49.7 Å². The number of anilines is 3. The Hall–Kier alpha value is -7.94. The molecule has 0 fully saturated rings. The van der Waals surface area contributed by atoms with Crippen molar-refractivity contribution < 1.29 is 4.42 Å². The molecule has 0 spiro atoms. The van der Waals surface area contributed by atoms with Crippen molar-refractivity contribution in [1.29, 1.82) is 0 Å². The summed E-state index contributed by atoms with van der Waals surface area (Å²) in [6.07, 6.45) is 0. The quantitative estimate of drug-likeness (QED) is 0.153. The fourth-order valence-corrected chi connectivity index (χ4v) is 8.57. The van der Waals surface area contributed by atoms with E-state index in [-0.39, 0.29) is 0 Å². The highest BCUT2D eigenvalue weighted by Crippen LogP contribution is 2.43. The summed E-state index contributed by atoms with van der Waals surface area (Å²) in [6, 6.07) is 84.9. The van der Waals surface area contributed by atoms with E-state index >= 15 is 0 Å². The van der Waals surface area contributed by atoms with Gasteiger partial charge in [0.05, 0.1) is 5.69 Å². The lowest BCUT2D eigenvalue weighted by Gasteiger charge is -2.28. The van der Waals surface area contributed by atoms with Crippen molar-refractivity contribution in [2.45, 2.75) is 0 Å². The van der Waals surface area contributed by atoms with Gasteiger partial charge in [0, 0.05) is 27.7 Å². The third-order valence-corrected chi connectivity index (χ3v) is 11.7. The molecule has 0 atom stereocenters. The van der Waals surface area contributed by atoms with Gasteiger partial charge in [-0.25, -0.2) is 0 Å². The molecule has 11 aromatic rings. The summed E-state index contributed by atoms with van der Waals surface area (Å²) in [5.74, 6) is 0. The fraction of sp³-hybridized carbons (Fsp3) is 0. The molecule has 0 radical (unpaired) electrons. The molecule has 2 heteroatoms. The molecular weight excluding hydrogens is 727 g/mol. The van der Waals surface area contributed by atoms with Gasteiger partial charge in [-0.15, -0.1) is 0 Å². The summed E-state index contributed by atoms with van der Waals surface area (Å²) in [5, 5.41) is 4.72. The standard InChI is InChI=1S/C58H39NO/c1-2-11-40(12-3-1)42-25-28-46(29-26-42)53-17-6-8-19-56(53)59(52-35-36-58-55(39-52)54-18-7-9-20-57(54)60-58)51-33-31-44(32-34-51)43-21-23-45(24-22-43)48-15-10-16-49(37-48)50-30-27-41-13-4-5-14-47(41)38-50/h1-39H. The van der Waals surface area contributed by atoms with Gasteiger partial charge >= 0.3 is 0 Å². The largest absolute Gasteiger partial charge is 0.456 e. The van der Waals surface area contributed by atoms with Crippen LogP contribution in [0.2, 0.25) is 0 Å². The molecule has 0 N–H and O–H groups in total. The maximum atomic E-state index is 6.26. The predicted molar refractivity (Wildman–Crippen MR) is 253 cm³/mol. The molecule has 1 aromatic heterocycles. The number of nitrogens with zero attached hydrogens (tertiary/aromatic N) is 1. The van der Waals surface area contributed by atoms with Crippen molar-refractivity contribution in [2.24, 2.45) is 0 Å². The minimum Gasteiger partial charge on any atom is -0.456 e. The van der Waals surface area contributed by atoms with Gasteiger partial charge in [0.25, 0.3) is 0 Å². The molecule has 0 bridgehead atoms. The topological polar surface area (TPSA) is 16.4 Å². The molecule has 0 aliphatic rings. The predicted octanol–water partition coefficient (Wildman–Crippen LogP) is 16.5. The Bertz CT molecular complexity index is 3290. The molecular formula is C58H39NO. The van der Waals surface area contributed by atoms with Crippen LogP contribution in [-0.4, -0.2) is 0 Å². The summed E-state index contributed by atoms with van der Waals surface area (Å²) < 4.78 is 6.26. The zero-order chi connectivity index (χ0) is 39.8. The average molecular weight is 766 g/mol. The minimum atomic E-state index is 0.879. The van der Waals surface area contributed by atoms with Crippen LogP contribution in [0, 0.1) is 0 Å². The van der Waals surface area contributed by atoms with E-state index in [1.54, 1.807) is 0 Å². The highest BCUT2D eigenvalue weighted by molar-refractivity contribution is 6.07. The Balaban J connectivity index is 0.944. The summed E-state index contributed by atoms with van der Waals surface area (Å²) in [7, 11) is 0. The number of hydrogen-bond acceptors (Lipinski definition) is 2. The fourth-order valence-electron chi connectivity index (χ4n) is 8.57. The van der Waals surface area contributed by atoms with E-state index in [4.69, 9.17) is 4.42 Å². The third-order valence-electron chi connectivity index (χ3n) is 11.7. The minimum absolute atomic E-state index is 0.879. The first kappa shape index (κ1) is 35.2. The lowest BCUT2D eigenvalue weighted by Crippen LogP contribution is -2.11. The second-order valence-corrected chi connectivity index (χ2v) is 15.3. The van der Waals surface area contributed by atoms with Crippen LogP contribution >= 0.6 is 0 Å². The van der Waals surface area contributed by atoms with Crippen LogP contribution in [0.15, 0.2) is 241 Å². The molecule has 10 aromatic carbocycles. The molecule has 2 nitrogen and oxygen atoms in total. The molecule has 0 aliphatic heterocycles. The zero-order valence-corrected chi connectivity index (χ0v) is 32.9. The Labute approximate surface area is 349 Å². The molecule has 1 heterocycles. The molecule has 0 unspecified atom stereocenters. The second kappa shape index (κ2) is 15.1. The van der Waals surface area contributed by atoms with Crippen LogP contribution in [0.5, 0.6) is 0 Å². The number of hydrogen-bond donors (Lipinski definition) is 0. The number of rotatable bonds is 8. The SMILES string of the molecule is c1ccc(-c2ccc(-c3ccccc3N(c3ccc(-c4ccc(-c5cccc(-c6ccc7ccccc7c6)c5)cc4)cc3)c3ccc4oc5ccccc5c4c3)cc2)cc1. The van der Waals surface area contributed by atoms with Crippen LogP contribution in [0.4, 0.5) is 17.1 Å². The normalized spacial score (nSPS) is 11.3. The van der Waals surface area contributed by atoms with Crippen molar-refractivity contribution >= 4 is 49.8 Å². The highest BCUT2D eigenvalue weighted by Gasteiger charge is 2.19. The summed E-state index contributed by atoms with van der Waals surface area (Å²) in [5.41, 5.74) is 16.9. The molecule has 0 saturated carbocycles. The molecule has 0 aliphatic carbocycles. The van der Waals surface area contributed by atoms with Crippen LogP contribution in [0.3, 0.4) is 0 Å². The van der Waals surface area contributed by atoms with Crippen molar-refractivity contribution in [1.82, 2.24) is 0 Å². The van der Waals surface area contributed by atoms with E-state index in [0.717, 1.165) is 55.7 Å². The maximum Gasteiger partial charge on any atom is 0.135 e. The summed E-state index contributed by atoms with van der Waals surface area (Å²) >= 11 is 0. The maximum absolute atomic E-state index is 6.26. The van der Waals surface area contributed by atoms with E-state index in [2.05, 4.69) is 229 Å². The lowest BCUT2D eigenvalue weighted by molar-refractivity contribution is 0.669. The van der Waals surface area contributed by atoms with Crippen LogP contribution in [0.1, 0.15) is 0 Å². The van der Waals surface area contributed by atoms with E-state index in [1.807, 2.05) is 12.1 Å². The Kier molecular flexibility index (Phi) is 8.87. The van der Waals surface area contributed by atoms with Crippen molar-refractivity contribution in [3.8, 4) is 55.6 Å². The van der Waals surface area contributed by atoms with Gasteiger partial charge in [0.1, 0.15) is 11.2 Å². The van der Waals surface area contributed by atoms with E-state index in [9.17, 15) is 0 Å². The third kappa shape index (κ3) is 6.61. The summed E-state index contributed by atoms with van der Waals surface area (Å²) in [4.78, 5) is 2.37. The Morgan fingerprint density at radius 1 is 0.267 bits per heavy atom. The first-order valence-electron chi connectivity index (χ1n) is 20.5. The molecule has 0 saturated heterocycles. The highest BCUT2D eigenvalue weighted by atomic mass is 16.3. The van der Waals surface area contributed by atoms with Gasteiger partial charge in [0.15, 0.2) is 0 Å². The first-order chi connectivity index (χ1) is 29.7. The Morgan fingerprint density at radius 3 is 1.53 bits per heavy atom. The van der Waals surface area contributed by atoms with Gasteiger partial charge < -0.3 is 9.32 Å². The molecule has 0 amide bonds. The molecule has 60 heavy (non-hydrogen) atoms. The molecule has 11 rings (SSSR count). The van der Waals surface area contributed by atoms with E-state index in [0.29, 0.717) is 0 Å². The number of para-hydroxylation sites is 2. The van der Waals surface area contributed by atoms with Gasteiger partial charge in [-0.1, -0.05) is 182 Å². The number of fused-ring (bicyclic) bond motifs is 4. The van der Waals surface area contributed by atoms with E-state index < -0.39 is 0 Å². The first-order valence-corrected chi connectivity index (χ1v) is 20.5. The van der Waals surface area contributed by atoms with Gasteiger partial charge in [-0.05, 0) is 115 Å². The monoisotopic (exact) mass is 765 g/mol. The number of furan rings is 1. The van der Waals surface area contributed by atoms with Gasteiger partial charge in [0.2, 0.25) is 0 Å². The van der Waals surface area contributed by atoms with Crippen LogP contribution < -0.4 is 4.90 Å². The van der Waals surface area contributed by atoms with Crippen LogP contribution in [0.25, 0.3) is 88.3 Å². The Morgan fingerprint density at radius 2 is 0.767 bits per heavy atom. The zero-order valence-electron chi connectivity index (χ0n) is 32.9. The van der Waals surface area contributed by atoms with Crippen LogP contribution in [-0.2, 0) is 0 Å². The average Bonchev–Trinajstić information content (AvgIpc) is 3.70. The smallest absolute Gasteiger partial charge is 0.135 e. The van der Waals surface area contributed by atoms with Crippen molar-refractivity contribution in [3.63, 3.8) is 0 Å².